The Hall–Kier alpha value is -0.320. The minimum Gasteiger partial charge on any atom is -0.290 e. The zero-order chi connectivity index (χ0) is 10.5. The molecule has 0 aromatic carbocycles. The molecule has 0 saturated heterocycles. The van der Waals surface area contributed by atoms with E-state index in [9.17, 15) is 18.0 Å². The normalized spacial score (nSPS) is 11.4. The van der Waals surface area contributed by atoms with Crippen LogP contribution >= 0.6 is 15.9 Å². The zero-order valence-corrected chi connectivity index (χ0v) is 8.54. The molecule has 76 valence electrons. The van der Waals surface area contributed by atoms with Crippen molar-refractivity contribution >= 4 is 21.7 Å². The van der Waals surface area contributed by atoms with E-state index in [-0.39, 0.29) is 6.42 Å². The summed E-state index contributed by atoms with van der Waals surface area (Å²) in [7, 11) is 0. The summed E-state index contributed by atoms with van der Waals surface area (Å²) in [5.74, 6) is -1.66. The van der Waals surface area contributed by atoms with E-state index >= 15 is 0 Å². The molecule has 0 amide bonds. The third kappa shape index (κ3) is 5.85. The highest BCUT2D eigenvalue weighted by Crippen LogP contribution is 2.20. The van der Waals surface area contributed by atoms with Gasteiger partial charge in [0.25, 0.3) is 0 Å². The number of Topliss-reactive ketones (excluding diaryl/α,β-unsaturated/α-hetero) is 1. The monoisotopic (exact) mass is 258 g/mol. The van der Waals surface area contributed by atoms with Gasteiger partial charge in [-0.25, -0.2) is 0 Å². The van der Waals surface area contributed by atoms with E-state index in [1.54, 1.807) is 0 Å². The molecule has 0 atom stereocenters. The Bertz CT molecular complexity index is 198. The van der Waals surface area contributed by atoms with E-state index < -0.39 is 18.4 Å². The summed E-state index contributed by atoms with van der Waals surface area (Å²) in [4.78, 5) is 10.4. The third-order valence-corrected chi connectivity index (χ3v) is 2.23. The lowest BCUT2D eigenvalue weighted by Crippen LogP contribution is -2.22. The van der Waals surface area contributed by atoms with Gasteiger partial charge in [0.2, 0.25) is 5.78 Å². The minimum atomic E-state index is -4.68. The summed E-state index contributed by atoms with van der Waals surface area (Å²) in [6, 6.07) is 0. The van der Waals surface area contributed by atoms with Crippen molar-refractivity contribution in [3.63, 3.8) is 0 Å². The van der Waals surface area contributed by atoms with E-state index in [2.05, 4.69) is 22.5 Å². The lowest BCUT2D eigenvalue weighted by molar-refractivity contribution is -0.171. The molecular weight excluding hydrogens is 249 g/mol. The Morgan fingerprint density at radius 2 is 1.85 bits per heavy atom. The van der Waals surface area contributed by atoms with E-state index in [4.69, 9.17) is 0 Å². The van der Waals surface area contributed by atoms with E-state index in [1.165, 1.54) is 0 Å². The first-order valence-corrected chi connectivity index (χ1v) is 4.82. The van der Waals surface area contributed by atoms with Crippen LogP contribution in [0.4, 0.5) is 13.2 Å². The molecule has 0 unspecified atom stereocenters. The number of ketones is 1. The second kappa shape index (κ2) is 5.42. The minimum absolute atomic E-state index is 0.211. The van der Waals surface area contributed by atoms with Crippen molar-refractivity contribution < 1.29 is 18.0 Å². The molecule has 0 aliphatic carbocycles. The number of alkyl halides is 4. The SMILES string of the molecule is C=C(CBr)CCCC(=O)C(F)(F)F. The van der Waals surface area contributed by atoms with Crippen LogP contribution < -0.4 is 0 Å². The first kappa shape index (κ1) is 12.7. The highest BCUT2D eigenvalue weighted by atomic mass is 79.9. The van der Waals surface area contributed by atoms with Gasteiger partial charge in [0.05, 0.1) is 0 Å². The third-order valence-electron chi connectivity index (χ3n) is 1.44. The maximum Gasteiger partial charge on any atom is 0.449 e. The number of carbonyl (C=O) groups is 1. The van der Waals surface area contributed by atoms with Gasteiger partial charge in [0, 0.05) is 11.8 Å². The van der Waals surface area contributed by atoms with Gasteiger partial charge < -0.3 is 0 Å². The maximum absolute atomic E-state index is 11.7. The average molecular weight is 259 g/mol. The number of allylic oxidation sites excluding steroid dienone is 1. The molecule has 0 bridgehead atoms. The number of halogens is 4. The molecular formula is C8H10BrF3O. The Morgan fingerprint density at radius 1 is 1.31 bits per heavy atom. The van der Waals surface area contributed by atoms with Gasteiger partial charge in [-0.3, -0.25) is 4.79 Å². The van der Waals surface area contributed by atoms with E-state index in [0.29, 0.717) is 11.8 Å². The summed E-state index contributed by atoms with van der Waals surface area (Å²) < 4.78 is 35.0. The van der Waals surface area contributed by atoms with Crippen molar-refractivity contribution in [1.82, 2.24) is 0 Å². The topological polar surface area (TPSA) is 17.1 Å². The van der Waals surface area contributed by atoms with Gasteiger partial charge in [-0.1, -0.05) is 28.1 Å². The Labute approximate surface area is 83.1 Å². The Kier molecular flexibility index (Phi) is 5.29. The second-order valence-corrected chi connectivity index (χ2v) is 3.22. The van der Waals surface area contributed by atoms with Crippen LogP contribution in [0.3, 0.4) is 0 Å². The van der Waals surface area contributed by atoms with Gasteiger partial charge in [0.15, 0.2) is 0 Å². The van der Waals surface area contributed by atoms with E-state index in [1.807, 2.05) is 0 Å². The largest absolute Gasteiger partial charge is 0.449 e. The fraction of sp³-hybridized carbons (Fsp3) is 0.625. The van der Waals surface area contributed by atoms with Crippen molar-refractivity contribution in [3.05, 3.63) is 12.2 Å². The van der Waals surface area contributed by atoms with Gasteiger partial charge in [0.1, 0.15) is 0 Å². The Morgan fingerprint density at radius 3 is 2.23 bits per heavy atom. The van der Waals surface area contributed by atoms with Crippen LogP contribution in [0.2, 0.25) is 0 Å². The molecule has 1 nitrogen and oxygen atoms in total. The van der Waals surface area contributed by atoms with Gasteiger partial charge >= 0.3 is 6.18 Å². The number of hydrogen-bond donors (Lipinski definition) is 0. The molecule has 0 aliphatic heterocycles. The molecule has 0 saturated carbocycles. The van der Waals surface area contributed by atoms with Crippen molar-refractivity contribution in [1.29, 1.82) is 0 Å². The lowest BCUT2D eigenvalue weighted by atomic mass is 10.1. The maximum atomic E-state index is 11.7. The predicted molar refractivity (Wildman–Crippen MR) is 47.8 cm³/mol. The highest BCUT2D eigenvalue weighted by Gasteiger charge is 2.37. The van der Waals surface area contributed by atoms with Gasteiger partial charge in [-0.2, -0.15) is 13.2 Å². The van der Waals surface area contributed by atoms with Crippen molar-refractivity contribution in [2.75, 3.05) is 5.33 Å². The lowest BCUT2D eigenvalue weighted by Gasteiger charge is -2.04. The van der Waals surface area contributed by atoms with E-state index in [0.717, 1.165) is 5.57 Å². The molecule has 0 radical (unpaired) electrons. The molecule has 0 aromatic heterocycles. The van der Waals surface area contributed by atoms with Crippen LogP contribution in [0.5, 0.6) is 0 Å². The molecule has 5 heteroatoms. The first-order valence-electron chi connectivity index (χ1n) is 3.70. The van der Waals surface area contributed by atoms with Gasteiger partial charge in [-0.15, -0.1) is 0 Å². The Balaban J connectivity index is 3.67. The fourth-order valence-corrected chi connectivity index (χ4v) is 0.988. The van der Waals surface area contributed by atoms with Crippen molar-refractivity contribution in [2.24, 2.45) is 0 Å². The first-order chi connectivity index (χ1) is 5.88. The molecule has 0 heterocycles. The molecule has 0 fully saturated rings. The van der Waals surface area contributed by atoms with Gasteiger partial charge in [-0.05, 0) is 12.8 Å². The number of carbonyl (C=O) groups excluding carboxylic acids is 1. The molecule has 0 N–H and O–H groups in total. The smallest absolute Gasteiger partial charge is 0.290 e. The summed E-state index contributed by atoms with van der Waals surface area (Å²) in [6.07, 6.45) is -4.47. The van der Waals surface area contributed by atoms with Crippen LogP contribution in [-0.2, 0) is 4.79 Å². The van der Waals surface area contributed by atoms with Crippen LogP contribution in [0.25, 0.3) is 0 Å². The van der Waals surface area contributed by atoms with Crippen LogP contribution in [0.15, 0.2) is 12.2 Å². The summed E-state index contributed by atoms with van der Waals surface area (Å²) in [6.45, 7) is 3.59. The molecule has 0 aliphatic rings. The standard InChI is InChI=1S/C8H10BrF3O/c1-6(5-9)3-2-4-7(13)8(10,11)12/h1-5H2. The summed E-state index contributed by atoms with van der Waals surface area (Å²) in [5, 5.41) is 0.563. The van der Waals surface area contributed by atoms with Crippen LogP contribution in [0.1, 0.15) is 19.3 Å². The van der Waals surface area contributed by atoms with Crippen molar-refractivity contribution in [3.8, 4) is 0 Å². The van der Waals surface area contributed by atoms with Crippen LogP contribution in [0, 0.1) is 0 Å². The summed E-state index contributed by atoms with van der Waals surface area (Å²) >= 11 is 3.11. The molecule has 0 aromatic rings. The number of rotatable bonds is 5. The number of hydrogen-bond acceptors (Lipinski definition) is 1. The van der Waals surface area contributed by atoms with Crippen LogP contribution in [-0.4, -0.2) is 17.3 Å². The average Bonchev–Trinajstić information content (AvgIpc) is 2.02. The fourth-order valence-electron chi connectivity index (χ4n) is 0.707. The van der Waals surface area contributed by atoms with Crippen molar-refractivity contribution in [2.45, 2.75) is 25.4 Å². The molecule has 0 spiro atoms. The molecule has 0 rings (SSSR count). The predicted octanol–water partition coefficient (Wildman–Crippen LogP) is 3.24. The summed E-state index contributed by atoms with van der Waals surface area (Å²) in [5.41, 5.74) is 0.801. The zero-order valence-electron chi connectivity index (χ0n) is 6.96. The highest BCUT2D eigenvalue weighted by molar-refractivity contribution is 9.09. The quantitative estimate of drug-likeness (QED) is 0.547. The second-order valence-electron chi connectivity index (χ2n) is 2.66. The molecule has 13 heavy (non-hydrogen) atoms.